The minimum absolute atomic E-state index is 0.261. The fourth-order valence-electron chi connectivity index (χ4n) is 3.02. The standard InChI is InChI=1S/C17H20F2O5/c1-10-7-8-12(13(20)9-10)15(21)24-14(17(18,19)16(22)23)11-5-3-2-4-6-11/h7-9,11,14,20H,2-6H2,1H3,(H,22,23). The van der Waals surface area contributed by atoms with Gasteiger partial charge in [-0.1, -0.05) is 25.3 Å². The Morgan fingerprint density at radius 2 is 1.88 bits per heavy atom. The average molecular weight is 342 g/mol. The van der Waals surface area contributed by atoms with E-state index in [0.29, 0.717) is 31.2 Å². The van der Waals surface area contributed by atoms with Crippen LogP contribution in [0.2, 0.25) is 0 Å². The molecule has 7 heteroatoms. The quantitative estimate of drug-likeness (QED) is 0.800. The van der Waals surface area contributed by atoms with E-state index >= 15 is 0 Å². The highest BCUT2D eigenvalue weighted by molar-refractivity contribution is 5.93. The van der Waals surface area contributed by atoms with Gasteiger partial charge in [-0.25, -0.2) is 9.59 Å². The molecule has 1 aliphatic carbocycles. The number of halogens is 2. The van der Waals surface area contributed by atoms with Crippen molar-refractivity contribution < 1.29 is 33.3 Å². The van der Waals surface area contributed by atoms with Crippen molar-refractivity contribution >= 4 is 11.9 Å². The van der Waals surface area contributed by atoms with E-state index in [0.717, 1.165) is 6.42 Å². The zero-order valence-electron chi connectivity index (χ0n) is 13.3. The highest BCUT2D eigenvalue weighted by Gasteiger charge is 2.53. The van der Waals surface area contributed by atoms with Crippen molar-refractivity contribution in [2.75, 3.05) is 0 Å². The Balaban J connectivity index is 2.27. The van der Waals surface area contributed by atoms with Crippen LogP contribution in [-0.4, -0.2) is 34.2 Å². The number of carbonyl (C=O) groups excluding carboxylic acids is 1. The average Bonchev–Trinajstić information content (AvgIpc) is 2.52. The van der Waals surface area contributed by atoms with E-state index in [-0.39, 0.29) is 11.3 Å². The Bertz CT molecular complexity index is 623. The van der Waals surface area contributed by atoms with Gasteiger partial charge in [0.1, 0.15) is 11.3 Å². The summed E-state index contributed by atoms with van der Waals surface area (Å²) in [6, 6.07) is 4.10. The molecule has 0 bridgehead atoms. The Kier molecular flexibility index (Phi) is 5.41. The largest absolute Gasteiger partial charge is 0.507 e. The Morgan fingerprint density at radius 1 is 1.25 bits per heavy atom. The number of benzene rings is 1. The van der Waals surface area contributed by atoms with Crippen molar-refractivity contribution in [3.05, 3.63) is 29.3 Å². The maximum atomic E-state index is 14.1. The molecule has 24 heavy (non-hydrogen) atoms. The van der Waals surface area contributed by atoms with E-state index < -0.39 is 29.9 Å². The first kappa shape index (κ1) is 18.2. The van der Waals surface area contributed by atoms with Crippen molar-refractivity contribution in [3.63, 3.8) is 0 Å². The van der Waals surface area contributed by atoms with E-state index in [1.165, 1.54) is 18.2 Å². The van der Waals surface area contributed by atoms with E-state index in [9.17, 15) is 23.5 Å². The Hall–Kier alpha value is -2.18. The molecule has 1 saturated carbocycles. The third kappa shape index (κ3) is 3.83. The number of hydrogen-bond acceptors (Lipinski definition) is 4. The number of carboxylic acid groups (broad SMARTS) is 1. The van der Waals surface area contributed by atoms with Gasteiger partial charge < -0.3 is 14.9 Å². The molecule has 1 unspecified atom stereocenters. The molecular weight excluding hydrogens is 322 g/mol. The number of aryl methyl sites for hydroxylation is 1. The molecule has 1 aromatic rings. The molecule has 0 heterocycles. The Morgan fingerprint density at radius 3 is 2.42 bits per heavy atom. The minimum atomic E-state index is -4.18. The maximum Gasteiger partial charge on any atom is 0.378 e. The normalized spacial score (nSPS) is 17.3. The van der Waals surface area contributed by atoms with Crippen molar-refractivity contribution in [2.24, 2.45) is 5.92 Å². The number of ether oxygens (including phenoxy) is 1. The molecule has 132 valence electrons. The number of aliphatic carboxylic acids is 1. The smallest absolute Gasteiger partial charge is 0.378 e. The molecule has 0 spiro atoms. The maximum absolute atomic E-state index is 14.1. The predicted molar refractivity (Wildman–Crippen MR) is 81.2 cm³/mol. The van der Waals surface area contributed by atoms with Crippen molar-refractivity contribution in [1.82, 2.24) is 0 Å². The summed E-state index contributed by atoms with van der Waals surface area (Å²) >= 11 is 0. The van der Waals surface area contributed by atoms with Crippen LogP contribution in [-0.2, 0) is 9.53 Å². The third-order valence-electron chi connectivity index (χ3n) is 4.33. The highest BCUT2D eigenvalue weighted by Crippen LogP contribution is 2.37. The zero-order valence-corrected chi connectivity index (χ0v) is 13.3. The summed E-state index contributed by atoms with van der Waals surface area (Å²) < 4.78 is 33.1. The first-order valence-corrected chi connectivity index (χ1v) is 7.85. The van der Waals surface area contributed by atoms with Gasteiger partial charge in [0, 0.05) is 5.92 Å². The number of esters is 1. The van der Waals surface area contributed by atoms with Crippen LogP contribution in [0.1, 0.15) is 48.0 Å². The molecule has 1 aliphatic rings. The summed E-state index contributed by atoms with van der Waals surface area (Å²) in [6.07, 6.45) is 0.952. The van der Waals surface area contributed by atoms with E-state index in [4.69, 9.17) is 9.84 Å². The van der Waals surface area contributed by atoms with E-state index in [1.807, 2.05) is 0 Å². The lowest BCUT2D eigenvalue weighted by molar-refractivity contribution is -0.189. The molecular formula is C17H20F2O5. The number of alkyl halides is 2. The molecule has 0 aliphatic heterocycles. The summed E-state index contributed by atoms with van der Waals surface area (Å²) in [7, 11) is 0. The second kappa shape index (κ2) is 7.15. The lowest BCUT2D eigenvalue weighted by atomic mass is 9.83. The molecule has 0 radical (unpaired) electrons. The second-order valence-corrected chi connectivity index (χ2v) is 6.17. The van der Waals surface area contributed by atoms with Gasteiger partial charge in [0.2, 0.25) is 0 Å². The molecule has 0 amide bonds. The fraction of sp³-hybridized carbons (Fsp3) is 0.529. The summed E-state index contributed by atoms with van der Waals surface area (Å²) in [5.74, 6) is -8.76. The minimum Gasteiger partial charge on any atom is -0.507 e. The van der Waals surface area contributed by atoms with Gasteiger partial charge in [-0.15, -0.1) is 0 Å². The summed E-state index contributed by atoms with van der Waals surface area (Å²) in [5, 5.41) is 18.6. The monoisotopic (exact) mass is 342 g/mol. The number of phenols is 1. The van der Waals surface area contributed by atoms with Crippen molar-refractivity contribution in [2.45, 2.75) is 51.1 Å². The van der Waals surface area contributed by atoms with Crippen LogP contribution in [0.15, 0.2) is 18.2 Å². The number of aromatic hydroxyl groups is 1. The van der Waals surface area contributed by atoms with Crippen LogP contribution in [0.5, 0.6) is 5.75 Å². The zero-order chi connectivity index (χ0) is 17.9. The highest BCUT2D eigenvalue weighted by atomic mass is 19.3. The molecule has 0 aromatic heterocycles. The van der Waals surface area contributed by atoms with E-state index in [1.54, 1.807) is 6.92 Å². The number of carboxylic acids is 1. The predicted octanol–water partition coefficient (Wildman–Crippen LogP) is 3.53. The lowest BCUT2D eigenvalue weighted by Gasteiger charge is -2.33. The number of hydrogen-bond donors (Lipinski definition) is 2. The van der Waals surface area contributed by atoms with Crippen molar-refractivity contribution in [1.29, 1.82) is 0 Å². The molecule has 2 N–H and O–H groups in total. The van der Waals surface area contributed by atoms with Gasteiger partial charge in [-0.2, -0.15) is 8.78 Å². The first-order valence-electron chi connectivity index (χ1n) is 7.85. The van der Waals surface area contributed by atoms with Gasteiger partial charge in [0.05, 0.1) is 0 Å². The molecule has 1 aromatic carbocycles. The van der Waals surface area contributed by atoms with Gasteiger partial charge in [-0.05, 0) is 37.5 Å². The van der Waals surface area contributed by atoms with Crippen molar-refractivity contribution in [3.8, 4) is 5.75 Å². The molecule has 1 atom stereocenters. The number of carbonyl (C=O) groups is 2. The van der Waals surface area contributed by atoms with Crippen LogP contribution in [0.4, 0.5) is 8.78 Å². The SMILES string of the molecule is Cc1ccc(C(=O)OC(C2CCCCC2)C(F)(F)C(=O)O)c(O)c1. The van der Waals surface area contributed by atoms with Gasteiger partial charge >= 0.3 is 17.9 Å². The van der Waals surface area contributed by atoms with Crippen LogP contribution in [0.25, 0.3) is 0 Å². The lowest BCUT2D eigenvalue weighted by Crippen LogP contribution is -2.48. The van der Waals surface area contributed by atoms with Gasteiger partial charge in [0.15, 0.2) is 6.10 Å². The fourth-order valence-corrected chi connectivity index (χ4v) is 3.02. The molecule has 5 nitrogen and oxygen atoms in total. The number of phenolic OH excluding ortho intramolecular Hbond substituents is 1. The van der Waals surface area contributed by atoms with E-state index in [2.05, 4.69) is 0 Å². The topological polar surface area (TPSA) is 83.8 Å². The molecule has 0 saturated heterocycles. The van der Waals surface area contributed by atoms with Crippen LogP contribution < -0.4 is 0 Å². The van der Waals surface area contributed by atoms with Crippen LogP contribution >= 0.6 is 0 Å². The summed E-state index contributed by atoms with van der Waals surface area (Å²) in [6.45, 7) is 1.69. The number of rotatable bonds is 5. The summed E-state index contributed by atoms with van der Waals surface area (Å²) in [4.78, 5) is 23.1. The second-order valence-electron chi connectivity index (χ2n) is 6.17. The first-order chi connectivity index (χ1) is 11.2. The third-order valence-corrected chi connectivity index (χ3v) is 4.33. The van der Waals surface area contributed by atoms with Crippen LogP contribution in [0.3, 0.4) is 0 Å². The molecule has 2 rings (SSSR count). The Labute approximate surface area is 138 Å². The summed E-state index contributed by atoms with van der Waals surface area (Å²) in [5.41, 5.74) is 0.423. The van der Waals surface area contributed by atoms with Crippen LogP contribution in [0, 0.1) is 12.8 Å². The molecule has 1 fully saturated rings. The van der Waals surface area contributed by atoms with Gasteiger partial charge in [-0.3, -0.25) is 0 Å². The van der Waals surface area contributed by atoms with Gasteiger partial charge in [0.25, 0.3) is 0 Å².